The van der Waals surface area contributed by atoms with Crippen molar-refractivity contribution in [3.05, 3.63) is 53.3 Å². The average molecular weight is 355 g/mol. The van der Waals surface area contributed by atoms with Gasteiger partial charge in [0.05, 0.1) is 18.3 Å². The summed E-state index contributed by atoms with van der Waals surface area (Å²) < 4.78 is 27.2. The molecule has 0 fully saturated rings. The highest BCUT2D eigenvalue weighted by Crippen LogP contribution is 2.25. The predicted molar refractivity (Wildman–Crippen MR) is 91.3 cm³/mol. The number of anilines is 1. The molecule has 0 saturated carbocycles. The Hall–Kier alpha value is -1.63. The molecule has 23 heavy (non-hydrogen) atoms. The van der Waals surface area contributed by atoms with Gasteiger partial charge in [-0.25, -0.2) is 13.4 Å². The van der Waals surface area contributed by atoms with Crippen LogP contribution in [0.4, 0.5) is 5.69 Å². The van der Waals surface area contributed by atoms with Crippen LogP contribution in [0.3, 0.4) is 0 Å². The van der Waals surface area contributed by atoms with Crippen molar-refractivity contribution in [3.8, 4) is 0 Å². The van der Waals surface area contributed by atoms with E-state index in [2.05, 4.69) is 4.98 Å². The summed E-state index contributed by atoms with van der Waals surface area (Å²) in [6.07, 6.45) is 0.932. The molecule has 5 nitrogen and oxygen atoms in total. The number of sulfonamides is 1. The molecular formula is C16H19ClN2O3S. The van der Waals surface area contributed by atoms with Crippen molar-refractivity contribution in [3.63, 3.8) is 0 Å². The molecule has 0 amide bonds. The van der Waals surface area contributed by atoms with Gasteiger partial charge in [0.1, 0.15) is 10.0 Å². The number of hydrogen-bond donors (Lipinski definition) is 1. The first kappa shape index (κ1) is 17.7. The Kier molecular flexibility index (Phi) is 5.62. The van der Waals surface area contributed by atoms with Gasteiger partial charge in [0.2, 0.25) is 0 Å². The fourth-order valence-electron chi connectivity index (χ4n) is 2.06. The number of aliphatic hydroxyl groups is 1. The monoisotopic (exact) mass is 354 g/mol. The zero-order chi connectivity index (χ0) is 17.0. The molecule has 7 heteroatoms. The molecule has 1 heterocycles. The minimum absolute atomic E-state index is 0.0233. The molecule has 0 spiro atoms. The summed E-state index contributed by atoms with van der Waals surface area (Å²) in [7, 11) is -3.85. The molecule has 0 bridgehead atoms. The Morgan fingerprint density at radius 3 is 2.52 bits per heavy atom. The minimum Gasteiger partial charge on any atom is -0.391 e. The van der Waals surface area contributed by atoms with Crippen molar-refractivity contribution < 1.29 is 13.5 Å². The lowest BCUT2D eigenvalue weighted by Crippen LogP contribution is -2.37. The van der Waals surface area contributed by atoms with Gasteiger partial charge in [-0.05, 0) is 37.1 Å². The van der Waals surface area contributed by atoms with Gasteiger partial charge in [-0.3, -0.25) is 4.31 Å². The zero-order valence-corrected chi connectivity index (χ0v) is 14.5. The Morgan fingerprint density at radius 1 is 1.30 bits per heavy atom. The second-order valence-electron chi connectivity index (χ2n) is 5.21. The number of rotatable bonds is 6. The van der Waals surface area contributed by atoms with Gasteiger partial charge < -0.3 is 5.11 Å². The van der Waals surface area contributed by atoms with Crippen LogP contribution in [0.25, 0.3) is 0 Å². The van der Waals surface area contributed by atoms with E-state index < -0.39 is 16.1 Å². The van der Waals surface area contributed by atoms with E-state index in [0.29, 0.717) is 17.7 Å². The van der Waals surface area contributed by atoms with Crippen LogP contribution in [-0.2, 0) is 10.0 Å². The van der Waals surface area contributed by atoms with E-state index in [1.54, 1.807) is 44.2 Å². The van der Waals surface area contributed by atoms with Gasteiger partial charge in [0.25, 0.3) is 10.0 Å². The third-order valence-electron chi connectivity index (χ3n) is 3.47. The molecule has 2 aromatic rings. The molecule has 0 aliphatic heterocycles. The van der Waals surface area contributed by atoms with E-state index in [4.69, 9.17) is 11.6 Å². The van der Waals surface area contributed by atoms with Gasteiger partial charge in [-0.2, -0.15) is 0 Å². The lowest BCUT2D eigenvalue weighted by atomic mass is 10.2. The first-order valence-corrected chi connectivity index (χ1v) is 9.06. The van der Waals surface area contributed by atoms with E-state index in [1.807, 2.05) is 0 Å². The maximum Gasteiger partial charge on any atom is 0.265 e. The number of para-hydroxylation sites is 1. The van der Waals surface area contributed by atoms with Crippen molar-refractivity contribution in [2.24, 2.45) is 0 Å². The van der Waals surface area contributed by atoms with Gasteiger partial charge in [0.15, 0.2) is 0 Å². The molecule has 0 aliphatic carbocycles. The SMILES string of the molecule is CCC(O)CN(c1ccccc1)S(=O)(=O)c1cnc(Cl)c(C)c1. The summed E-state index contributed by atoms with van der Waals surface area (Å²) in [4.78, 5) is 3.97. The van der Waals surface area contributed by atoms with E-state index in [1.165, 1.54) is 16.6 Å². The van der Waals surface area contributed by atoms with Gasteiger partial charge in [-0.15, -0.1) is 0 Å². The predicted octanol–water partition coefficient (Wildman–Crippen LogP) is 3.01. The van der Waals surface area contributed by atoms with E-state index in [0.717, 1.165) is 0 Å². The number of nitrogens with zero attached hydrogens (tertiary/aromatic N) is 2. The summed E-state index contributed by atoms with van der Waals surface area (Å²) in [6, 6.07) is 10.2. The van der Waals surface area contributed by atoms with E-state index >= 15 is 0 Å². The van der Waals surface area contributed by atoms with Crippen LogP contribution in [0.5, 0.6) is 0 Å². The topological polar surface area (TPSA) is 70.5 Å². The van der Waals surface area contributed by atoms with Crippen molar-refractivity contribution >= 4 is 27.3 Å². The minimum atomic E-state index is -3.85. The molecule has 2 rings (SSSR count). The van der Waals surface area contributed by atoms with Gasteiger partial charge in [-0.1, -0.05) is 36.7 Å². The summed E-state index contributed by atoms with van der Waals surface area (Å²) in [5.41, 5.74) is 1.07. The smallest absolute Gasteiger partial charge is 0.265 e. The van der Waals surface area contributed by atoms with Crippen LogP contribution in [0, 0.1) is 6.92 Å². The lowest BCUT2D eigenvalue weighted by molar-refractivity contribution is 0.179. The summed E-state index contributed by atoms with van der Waals surface area (Å²) in [5, 5.41) is 10.2. The number of aryl methyl sites for hydroxylation is 1. The third kappa shape index (κ3) is 4.02. The molecule has 1 aromatic carbocycles. The molecule has 1 unspecified atom stereocenters. The lowest BCUT2D eigenvalue weighted by Gasteiger charge is -2.26. The molecule has 0 aliphatic rings. The first-order chi connectivity index (χ1) is 10.9. The Labute approximate surface area is 141 Å². The largest absolute Gasteiger partial charge is 0.391 e. The molecule has 0 radical (unpaired) electrons. The fourth-order valence-corrected chi connectivity index (χ4v) is 3.69. The van der Waals surface area contributed by atoms with Gasteiger partial charge in [0, 0.05) is 6.20 Å². The number of aliphatic hydroxyl groups excluding tert-OH is 1. The standard InChI is InChI=1S/C16H19ClN2O3S/c1-3-14(20)11-19(13-7-5-4-6-8-13)23(21,22)15-9-12(2)16(17)18-10-15/h4-10,14,20H,3,11H2,1-2H3. The Bertz CT molecular complexity index is 766. The highest BCUT2D eigenvalue weighted by atomic mass is 35.5. The Balaban J connectivity index is 2.50. The third-order valence-corrected chi connectivity index (χ3v) is 5.62. The maximum absolute atomic E-state index is 13.0. The molecule has 1 aromatic heterocycles. The fraction of sp³-hybridized carbons (Fsp3) is 0.312. The van der Waals surface area contributed by atoms with Gasteiger partial charge >= 0.3 is 0 Å². The number of pyridine rings is 1. The molecular weight excluding hydrogens is 336 g/mol. The van der Waals surface area contributed by atoms with Crippen molar-refractivity contribution in [1.29, 1.82) is 0 Å². The summed E-state index contributed by atoms with van der Waals surface area (Å²) in [5.74, 6) is 0. The van der Waals surface area contributed by atoms with Crippen LogP contribution >= 0.6 is 11.6 Å². The number of aromatic nitrogens is 1. The number of benzene rings is 1. The highest BCUT2D eigenvalue weighted by molar-refractivity contribution is 7.92. The molecule has 1 N–H and O–H groups in total. The normalized spacial score (nSPS) is 12.9. The second-order valence-corrected chi connectivity index (χ2v) is 7.43. The molecule has 0 saturated heterocycles. The molecule has 1 atom stereocenters. The molecule has 124 valence electrons. The Morgan fingerprint density at radius 2 is 1.96 bits per heavy atom. The van der Waals surface area contributed by atoms with E-state index in [-0.39, 0.29) is 16.6 Å². The van der Waals surface area contributed by atoms with Crippen LogP contribution in [-0.4, -0.2) is 31.2 Å². The van der Waals surface area contributed by atoms with Crippen LogP contribution < -0.4 is 4.31 Å². The van der Waals surface area contributed by atoms with Crippen LogP contribution in [0.1, 0.15) is 18.9 Å². The van der Waals surface area contributed by atoms with Crippen molar-refractivity contribution in [2.45, 2.75) is 31.3 Å². The number of hydrogen-bond acceptors (Lipinski definition) is 4. The highest BCUT2D eigenvalue weighted by Gasteiger charge is 2.27. The maximum atomic E-state index is 13.0. The van der Waals surface area contributed by atoms with Crippen LogP contribution in [0.15, 0.2) is 47.5 Å². The second kappa shape index (κ2) is 7.29. The average Bonchev–Trinajstić information content (AvgIpc) is 2.55. The first-order valence-electron chi connectivity index (χ1n) is 7.24. The quantitative estimate of drug-likeness (QED) is 0.809. The van der Waals surface area contributed by atoms with Crippen molar-refractivity contribution in [2.75, 3.05) is 10.8 Å². The van der Waals surface area contributed by atoms with Crippen molar-refractivity contribution in [1.82, 2.24) is 4.98 Å². The zero-order valence-electron chi connectivity index (χ0n) is 13.0. The van der Waals surface area contributed by atoms with E-state index in [9.17, 15) is 13.5 Å². The van der Waals surface area contributed by atoms with Crippen LogP contribution in [0.2, 0.25) is 5.15 Å². The number of halogens is 1. The summed E-state index contributed by atoms with van der Waals surface area (Å²) >= 11 is 5.87. The summed E-state index contributed by atoms with van der Waals surface area (Å²) in [6.45, 7) is 3.47.